The highest BCUT2D eigenvalue weighted by molar-refractivity contribution is 5.84. The molecule has 0 spiro atoms. The summed E-state index contributed by atoms with van der Waals surface area (Å²) in [6, 6.07) is 18.0. The largest absolute Gasteiger partial charge is 0.353 e. The van der Waals surface area contributed by atoms with Crippen molar-refractivity contribution >= 4 is 22.8 Å². The summed E-state index contributed by atoms with van der Waals surface area (Å²) in [7, 11) is 0. The maximum Gasteiger partial charge on any atom is 0.230 e. The molecule has 1 saturated heterocycles. The van der Waals surface area contributed by atoms with E-state index in [2.05, 4.69) is 22.2 Å². The molecule has 1 aliphatic heterocycles. The van der Waals surface area contributed by atoms with Gasteiger partial charge in [-0.3, -0.25) is 9.59 Å². The number of para-hydroxylation sites is 2. The number of nitrogens with one attached hydrogen (secondary N) is 2. The average molecular weight is 419 g/mol. The number of aryl methyl sites for hydroxylation is 1. The van der Waals surface area contributed by atoms with E-state index in [4.69, 9.17) is 0 Å². The highest BCUT2D eigenvalue weighted by Gasteiger charge is 2.28. The van der Waals surface area contributed by atoms with Gasteiger partial charge in [0.25, 0.3) is 0 Å². The fraction of sp³-hybridized carbons (Fsp3) is 0.400. The normalized spacial score (nSPS) is 15.7. The molecule has 6 nitrogen and oxygen atoms in total. The number of piperidine rings is 1. The van der Waals surface area contributed by atoms with Gasteiger partial charge >= 0.3 is 0 Å². The van der Waals surface area contributed by atoms with Crippen LogP contribution in [-0.2, 0) is 16.0 Å². The molecule has 1 aromatic heterocycles. The Morgan fingerprint density at radius 2 is 1.81 bits per heavy atom. The van der Waals surface area contributed by atoms with Crippen molar-refractivity contribution in [3.63, 3.8) is 0 Å². The molecule has 2 aromatic carbocycles. The lowest BCUT2D eigenvalue weighted by Gasteiger charge is -2.34. The molecule has 2 heterocycles. The maximum absolute atomic E-state index is 13.0. The van der Waals surface area contributed by atoms with E-state index in [1.807, 2.05) is 59.5 Å². The lowest BCUT2D eigenvalue weighted by atomic mass is 9.93. The molecule has 0 radical (unpaired) electrons. The minimum Gasteiger partial charge on any atom is -0.353 e. The third-order valence-electron chi connectivity index (χ3n) is 6.11. The van der Waals surface area contributed by atoms with Crippen LogP contribution in [0.1, 0.15) is 49.9 Å². The monoisotopic (exact) mass is 418 g/mol. The number of rotatable bonds is 7. The number of benzene rings is 2. The Bertz CT molecular complexity index is 989. The number of likely N-dealkylation sites (tertiary alicyclic amines) is 1. The second kappa shape index (κ2) is 9.77. The van der Waals surface area contributed by atoms with Crippen LogP contribution < -0.4 is 5.32 Å². The third-order valence-corrected chi connectivity index (χ3v) is 6.11. The quantitative estimate of drug-likeness (QED) is 0.613. The van der Waals surface area contributed by atoms with Crippen LogP contribution in [-0.4, -0.2) is 45.8 Å². The van der Waals surface area contributed by atoms with Crippen molar-refractivity contribution in [2.24, 2.45) is 0 Å². The number of hydrogen-bond donors (Lipinski definition) is 2. The topological polar surface area (TPSA) is 78.1 Å². The van der Waals surface area contributed by atoms with E-state index in [9.17, 15) is 9.59 Å². The first-order valence-corrected chi connectivity index (χ1v) is 11.2. The van der Waals surface area contributed by atoms with Gasteiger partial charge in [-0.25, -0.2) is 4.98 Å². The molecule has 2 amide bonds. The molecular weight excluding hydrogens is 388 g/mol. The van der Waals surface area contributed by atoms with Gasteiger partial charge in [0.05, 0.1) is 17.0 Å². The molecule has 31 heavy (non-hydrogen) atoms. The molecule has 0 aliphatic carbocycles. The van der Waals surface area contributed by atoms with Gasteiger partial charge in [-0.15, -0.1) is 0 Å². The Morgan fingerprint density at radius 1 is 1.10 bits per heavy atom. The van der Waals surface area contributed by atoms with Gasteiger partial charge in [-0.2, -0.15) is 0 Å². The number of aromatic nitrogens is 2. The summed E-state index contributed by atoms with van der Waals surface area (Å²) in [6.07, 6.45) is 3.39. The summed E-state index contributed by atoms with van der Waals surface area (Å²) >= 11 is 0. The molecule has 1 fully saturated rings. The number of H-pyrrole nitrogens is 1. The molecule has 0 bridgehead atoms. The highest BCUT2D eigenvalue weighted by Crippen LogP contribution is 2.24. The molecule has 2 N–H and O–H groups in total. The van der Waals surface area contributed by atoms with E-state index in [0.29, 0.717) is 25.9 Å². The third kappa shape index (κ3) is 5.13. The maximum atomic E-state index is 13.0. The first-order chi connectivity index (χ1) is 15.1. The second-order valence-corrected chi connectivity index (χ2v) is 8.24. The number of amides is 2. The van der Waals surface area contributed by atoms with Crippen LogP contribution in [0.5, 0.6) is 0 Å². The van der Waals surface area contributed by atoms with Gasteiger partial charge in [0, 0.05) is 32.0 Å². The van der Waals surface area contributed by atoms with Gasteiger partial charge in [-0.05, 0) is 37.0 Å². The zero-order chi connectivity index (χ0) is 21.6. The lowest BCUT2D eigenvalue weighted by molar-refractivity contribution is -0.134. The minimum absolute atomic E-state index is 0.0425. The zero-order valence-corrected chi connectivity index (χ0v) is 18.0. The molecular formula is C25H30N4O2. The van der Waals surface area contributed by atoms with Crippen LogP contribution in [0, 0.1) is 0 Å². The Labute approximate surface area is 183 Å². The van der Waals surface area contributed by atoms with Crippen molar-refractivity contribution in [1.82, 2.24) is 20.2 Å². The Balaban J connectivity index is 1.24. The van der Waals surface area contributed by atoms with Crippen molar-refractivity contribution < 1.29 is 9.59 Å². The SMILES string of the molecule is CCC(C(=O)N1CCC(NC(=O)CCc2nc3ccccc3[nH]2)CC1)c1ccccc1. The molecule has 1 unspecified atom stereocenters. The number of hydrogen-bond acceptors (Lipinski definition) is 3. The van der Waals surface area contributed by atoms with Gasteiger partial charge in [-0.1, -0.05) is 49.4 Å². The van der Waals surface area contributed by atoms with E-state index in [0.717, 1.165) is 41.7 Å². The van der Waals surface area contributed by atoms with Gasteiger partial charge in [0.1, 0.15) is 5.82 Å². The van der Waals surface area contributed by atoms with Crippen molar-refractivity contribution in [1.29, 1.82) is 0 Å². The smallest absolute Gasteiger partial charge is 0.230 e. The highest BCUT2D eigenvalue weighted by atomic mass is 16.2. The number of fused-ring (bicyclic) bond motifs is 1. The molecule has 6 heteroatoms. The van der Waals surface area contributed by atoms with Crippen LogP contribution in [0.25, 0.3) is 11.0 Å². The molecule has 162 valence electrons. The Morgan fingerprint density at radius 3 is 2.52 bits per heavy atom. The predicted molar refractivity (Wildman–Crippen MR) is 122 cm³/mol. The van der Waals surface area contributed by atoms with E-state index in [-0.39, 0.29) is 23.8 Å². The van der Waals surface area contributed by atoms with Gasteiger partial charge in [0.2, 0.25) is 11.8 Å². The van der Waals surface area contributed by atoms with Crippen molar-refractivity contribution in [3.8, 4) is 0 Å². The van der Waals surface area contributed by atoms with Crippen LogP contribution >= 0.6 is 0 Å². The molecule has 1 atom stereocenters. The Kier molecular flexibility index (Phi) is 6.65. The molecule has 1 aliphatic rings. The standard InChI is InChI=1S/C25H30N4O2/c1-2-20(18-8-4-3-5-9-18)25(31)29-16-14-19(15-17-29)26-24(30)13-12-23-27-21-10-6-7-11-22(21)28-23/h3-11,19-20H,2,12-17H2,1H3,(H,26,30)(H,27,28). The van der Waals surface area contributed by atoms with E-state index in [1.54, 1.807) is 0 Å². The second-order valence-electron chi connectivity index (χ2n) is 8.24. The Hall–Kier alpha value is -3.15. The van der Waals surface area contributed by atoms with E-state index >= 15 is 0 Å². The summed E-state index contributed by atoms with van der Waals surface area (Å²) in [6.45, 7) is 3.44. The van der Waals surface area contributed by atoms with Crippen molar-refractivity contribution in [3.05, 3.63) is 66.0 Å². The number of imidazole rings is 1. The zero-order valence-electron chi connectivity index (χ0n) is 18.0. The first-order valence-electron chi connectivity index (χ1n) is 11.2. The number of carbonyl (C=O) groups excluding carboxylic acids is 2. The number of nitrogens with zero attached hydrogens (tertiary/aromatic N) is 2. The average Bonchev–Trinajstić information content (AvgIpc) is 3.22. The first kappa shape index (κ1) is 21.1. The predicted octanol–water partition coefficient (Wildman–Crippen LogP) is 3.80. The van der Waals surface area contributed by atoms with Crippen molar-refractivity contribution in [2.75, 3.05) is 13.1 Å². The van der Waals surface area contributed by atoms with Crippen LogP contribution in [0.3, 0.4) is 0 Å². The summed E-state index contributed by atoms with van der Waals surface area (Å²) in [5, 5.41) is 3.14. The van der Waals surface area contributed by atoms with E-state index in [1.165, 1.54) is 0 Å². The van der Waals surface area contributed by atoms with Crippen molar-refractivity contribution in [2.45, 2.75) is 51.0 Å². The number of aromatic amines is 1. The van der Waals surface area contributed by atoms with Gasteiger partial charge in [0.15, 0.2) is 0 Å². The summed E-state index contributed by atoms with van der Waals surface area (Å²) in [5.41, 5.74) is 3.00. The summed E-state index contributed by atoms with van der Waals surface area (Å²) in [5.74, 6) is 0.990. The lowest BCUT2D eigenvalue weighted by Crippen LogP contribution is -2.47. The van der Waals surface area contributed by atoms with Crippen LogP contribution in [0.2, 0.25) is 0 Å². The van der Waals surface area contributed by atoms with Crippen LogP contribution in [0.4, 0.5) is 0 Å². The van der Waals surface area contributed by atoms with Crippen LogP contribution in [0.15, 0.2) is 54.6 Å². The molecule has 4 rings (SSSR count). The molecule has 3 aromatic rings. The summed E-state index contributed by atoms with van der Waals surface area (Å²) < 4.78 is 0. The fourth-order valence-electron chi connectivity index (χ4n) is 4.36. The summed E-state index contributed by atoms with van der Waals surface area (Å²) in [4.78, 5) is 35.2. The minimum atomic E-state index is -0.0869. The molecule has 0 saturated carbocycles. The fourth-order valence-corrected chi connectivity index (χ4v) is 4.36. The number of carbonyl (C=O) groups is 2. The van der Waals surface area contributed by atoms with E-state index < -0.39 is 0 Å². The van der Waals surface area contributed by atoms with Gasteiger partial charge < -0.3 is 15.2 Å².